The number of nitrogens with one attached hydrogen (secondary N) is 2. The number of aromatic amines is 1. The number of amides is 1. The van der Waals surface area contributed by atoms with Crippen molar-refractivity contribution < 1.29 is 9.18 Å². The van der Waals surface area contributed by atoms with E-state index in [0.717, 1.165) is 33.9 Å². The van der Waals surface area contributed by atoms with Crippen molar-refractivity contribution in [1.82, 2.24) is 9.97 Å². The maximum atomic E-state index is 13.4. The Morgan fingerprint density at radius 3 is 2.57 bits per heavy atom. The molecule has 0 fully saturated rings. The van der Waals surface area contributed by atoms with Gasteiger partial charge >= 0.3 is 0 Å². The van der Waals surface area contributed by atoms with Crippen LogP contribution < -0.4 is 5.32 Å². The molecule has 0 aliphatic heterocycles. The number of fused-ring (bicyclic) bond motifs is 3. The van der Waals surface area contributed by atoms with Crippen molar-refractivity contribution in [2.24, 2.45) is 0 Å². The summed E-state index contributed by atoms with van der Waals surface area (Å²) in [6.45, 7) is 0. The van der Waals surface area contributed by atoms with Crippen LogP contribution in [-0.2, 0) is 6.42 Å². The molecule has 0 saturated heterocycles. The first-order chi connectivity index (χ1) is 14.7. The van der Waals surface area contributed by atoms with Gasteiger partial charge in [-0.25, -0.2) is 4.39 Å². The SMILES string of the molecule is O=C(Nc1ccc2[nH]c3cnc(Cc4ccccc4)cc3c2c1)c1cccc(F)c1. The molecule has 0 aliphatic rings. The van der Waals surface area contributed by atoms with Crippen molar-refractivity contribution in [3.8, 4) is 0 Å². The summed E-state index contributed by atoms with van der Waals surface area (Å²) in [5.74, 6) is -0.784. The summed E-state index contributed by atoms with van der Waals surface area (Å²) < 4.78 is 13.4. The molecule has 0 bridgehead atoms. The summed E-state index contributed by atoms with van der Waals surface area (Å²) in [5.41, 5.74) is 5.02. The monoisotopic (exact) mass is 395 g/mol. The average Bonchev–Trinajstić information content (AvgIpc) is 3.12. The fourth-order valence-corrected chi connectivity index (χ4v) is 3.65. The molecule has 0 spiro atoms. The van der Waals surface area contributed by atoms with Gasteiger partial charge < -0.3 is 10.3 Å². The first kappa shape index (κ1) is 18.1. The van der Waals surface area contributed by atoms with E-state index in [1.165, 1.54) is 23.8 Å². The number of carbonyl (C=O) groups is 1. The molecule has 1 amide bonds. The van der Waals surface area contributed by atoms with E-state index in [2.05, 4.69) is 33.5 Å². The number of anilines is 1. The van der Waals surface area contributed by atoms with E-state index < -0.39 is 5.82 Å². The fourth-order valence-electron chi connectivity index (χ4n) is 3.65. The number of carbonyl (C=O) groups excluding carboxylic acids is 1. The van der Waals surface area contributed by atoms with Crippen LogP contribution in [0.4, 0.5) is 10.1 Å². The molecule has 3 aromatic carbocycles. The molecule has 2 aromatic heterocycles. The van der Waals surface area contributed by atoms with E-state index in [9.17, 15) is 9.18 Å². The number of halogens is 1. The van der Waals surface area contributed by atoms with Gasteiger partial charge in [-0.15, -0.1) is 0 Å². The van der Waals surface area contributed by atoms with Crippen LogP contribution in [-0.4, -0.2) is 15.9 Å². The van der Waals surface area contributed by atoms with Crippen LogP contribution in [0.2, 0.25) is 0 Å². The lowest BCUT2D eigenvalue weighted by molar-refractivity contribution is 0.102. The van der Waals surface area contributed by atoms with Gasteiger partial charge in [-0.05, 0) is 48.0 Å². The second-order valence-corrected chi connectivity index (χ2v) is 7.23. The van der Waals surface area contributed by atoms with Crippen LogP contribution >= 0.6 is 0 Å². The third kappa shape index (κ3) is 3.53. The van der Waals surface area contributed by atoms with E-state index in [1.807, 2.05) is 42.6 Å². The molecular formula is C25H18FN3O. The van der Waals surface area contributed by atoms with E-state index >= 15 is 0 Å². The van der Waals surface area contributed by atoms with E-state index in [0.29, 0.717) is 5.69 Å². The Bertz CT molecular complexity index is 1380. The predicted molar refractivity (Wildman–Crippen MR) is 117 cm³/mol. The lowest BCUT2D eigenvalue weighted by atomic mass is 10.1. The van der Waals surface area contributed by atoms with Crippen molar-refractivity contribution in [3.63, 3.8) is 0 Å². The molecule has 30 heavy (non-hydrogen) atoms. The molecule has 0 aliphatic carbocycles. The van der Waals surface area contributed by atoms with Gasteiger partial charge in [-0.2, -0.15) is 0 Å². The van der Waals surface area contributed by atoms with Crippen LogP contribution in [0.3, 0.4) is 0 Å². The molecule has 5 rings (SSSR count). The lowest BCUT2D eigenvalue weighted by Gasteiger charge is -2.06. The van der Waals surface area contributed by atoms with Crippen LogP contribution in [0.1, 0.15) is 21.6 Å². The molecule has 5 aromatic rings. The Kier molecular flexibility index (Phi) is 4.48. The Labute approximate surface area is 172 Å². The van der Waals surface area contributed by atoms with Crippen LogP contribution in [0.15, 0.2) is 85.1 Å². The zero-order valence-corrected chi connectivity index (χ0v) is 16.0. The van der Waals surface area contributed by atoms with Gasteiger partial charge in [-0.1, -0.05) is 36.4 Å². The Hall–Kier alpha value is -3.99. The summed E-state index contributed by atoms with van der Waals surface area (Å²) in [4.78, 5) is 20.4. The average molecular weight is 395 g/mol. The Morgan fingerprint density at radius 2 is 1.73 bits per heavy atom. The quantitative estimate of drug-likeness (QED) is 0.410. The van der Waals surface area contributed by atoms with Gasteiger partial charge in [0.2, 0.25) is 0 Å². The summed E-state index contributed by atoms with van der Waals surface area (Å²) in [6, 6.07) is 23.6. The highest BCUT2D eigenvalue weighted by atomic mass is 19.1. The molecule has 0 radical (unpaired) electrons. The summed E-state index contributed by atoms with van der Waals surface area (Å²) >= 11 is 0. The second-order valence-electron chi connectivity index (χ2n) is 7.23. The minimum absolute atomic E-state index is 0.281. The Balaban J connectivity index is 1.48. The molecule has 4 nitrogen and oxygen atoms in total. The minimum atomic E-state index is -0.437. The van der Waals surface area contributed by atoms with Crippen molar-refractivity contribution in [3.05, 3.63) is 108 Å². The lowest BCUT2D eigenvalue weighted by Crippen LogP contribution is -2.11. The fraction of sp³-hybridized carbons (Fsp3) is 0.0400. The van der Waals surface area contributed by atoms with Crippen molar-refractivity contribution in [1.29, 1.82) is 0 Å². The van der Waals surface area contributed by atoms with Crippen molar-refractivity contribution in [2.75, 3.05) is 5.32 Å². The van der Waals surface area contributed by atoms with Gasteiger partial charge in [0.05, 0.1) is 11.7 Å². The van der Waals surface area contributed by atoms with E-state index in [1.54, 1.807) is 6.07 Å². The molecule has 0 atom stereocenters. The van der Waals surface area contributed by atoms with Crippen LogP contribution in [0, 0.1) is 5.82 Å². The number of hydrogen-bond donors (Lipinski definition) is 2. The number of hydrogen-bond acceptors (Lipinski definition) is 2. The van der Waals surface area contributed by atoms with Gasteiger partial charge in [0.25, 0.3) is 5.91 Å². The van der Waals surface area contributed by atoms with E-state index in [-0.39, 0.29) is 11.5 Å². The predicted octanol–water partition coefficient (Wildman–Crippen LogP) is 5.70. The van der Waals surface area contributed by atoms with Crippen molar-refractivity contribution >= 4 is 33.4 Å². The standard InChI is InChI=1S/C25H18FN3O/c26-18-8-4-7-17(12-18)25(30)28-19-9-10-23-21(13-19)22-14-20(27-15-24(22)29-23)11-16-5-2-1-3-6-16/h1-10,12-15,29H,11H2,(H,28,30). The zero-order chi connectivity index (χ0) is 20.5. The summed E-state index contributed by atoms with van der Waals surface area (Å²) in [7, 11) is 0. The first-order valence-electron chi connectivity index (χ1n) is 9.67. The third-order valence-electron chi connectivity index (χ3n) is 5.11. The number of aromatic nitrogens is 2. The molecule has 2 N–H and O–H groups in total. The molecular weight excluding hydrogens is 377 g/mol. The maximum absolute atomic E-state index is 13.4. The summed E-state index contributed by atoms with van der Waals surface area (Å²) in [6.07, 6.45) is 2.60. The topological polar surface area (TPSA) is 57.8 Å². The van der Waals surface area contributed by atoms with Gasteiger partial charge in [0.15, 0.2) is 0 Å². The molecule has 5 heteroatoms. The van der Waals surface area contributed by atoms with E-state index in [4.69, 9.17) is 0 Å². The van der Waals surface area contributed by atoms with Gasteiger partial charge in [-0.3, -0.25) is 9.78 Å². The largest absolute Gasteiger partial charge is 0.353 e. The maximum Gasteiger partial charge on any atom is 0.255 e. The molecule has 2 heterocycles. The second kappa shape index (κ2) is 7.44. The highest BCUT2D eigenvalue weighted by molar-refractivity contribution is 6.10. The number of pyridine rings is 1. The summed E-state index contributed by atoms with van der Waals surface area (Å²) in [5, 5.41) is 4.90. The number of H-pyrrole nitrogens is 1. The smallest absolute Gasteiger partial charge is 0.255 e. The number of nitrogens with zero attached hydrogens (tertiary/aromatic N) is 1. The van der Waals surface area contributed by atoms with Gasteiger partial charge in [0.1, 0.15) is 5.82 Å². The Morgan fingerprint density at radius 1 is 0.900 bits per heavy atom. The zero-order valence-electron chi connectivity index (χ0n) is 16.0. The van der Waals surface area contributed by atoms with Crippen LogP contribution in [0.25, 0.3) is 21.8 Å². The highest BCUT2D eigenvalue weighted by Crippen LogP contribution is 2.28. The van der Waals surface area contributed by atoms with Crippen LogP contribution in [0.5, 0.6) is 0 Å². The number of benzene rings is 3. The third-order valence-corrected chi connectivity index (χ3v) is 5.11. The molecule has 0 saturated carbocycles. The highest BCUT2D eigenvalue weighted by Gasteiger charge is 2.11. The minimum Gasteiger partial charge on any atom is -0.353 e. The van der Waals surface area contributed by atoms with Gasteiger partial charge in [0, 0.05) is 39.7 Å². The first-order valence-corrected chi connectivity index (χ1v) is 9.67. The van der Waals surface area contributed by atoms with Crippen molar-refractivity contribution in [2.45, 2.75) is 6.42 Å². The molecule has 146 valence electrons. The molecule has 0 unspecified atom stereocenters. The number of rotatable bonds is 4. The normalized spacial score (nSPS) is 11.1.